The van der Waals surface area contributed by atoms with Crippen LogP contribution in [0, 0.1) is 0 Å². The molecule has 0 aliphatic rings. The standard InChI is InChI=1S/C20H18N2O4S/c1-13(18(23)22-19(24)25-2)27-20-21-16(14-9-5-3-6-10-14)17(26-20)15-11-7-4-8-12-15/h3-13H,1-2H3,(H,22,23,24)/t13-/m0/s1. The number of aromatic nitrogens is 1. The van der Waals surface area contributed by atoms with Crippen molar-refractivity contribution in [2.45, 2.75) is 17.4 Å². The quantitative estimate of drug-likeness (QED) is 0.660. The Hall–Kier alpha value is -3.06. The minimum Gasteiger partial charge on any atom is -0.453 e. The molecule has 2 aromatic carbocycles. The molecule has 0 aliphatic carbocycles. The molecule has 0 saturated carbocycles. The number of alkyl carbamates (subject to hydrolysis) is 1. The maximum Gasteiger partial charge on any atom is 0.413 e. The summed E-state index contributed by atoms with van der Waals surface area (Å²) in [5.41, 5.74) is 2.51. The number of rotatable bonds is 5. The molecule has 6 nitrogen and oxygen atoms in total. The number of imide groups is 1. The fourth-order valence-corrected chi connectivity index (χ4v) is 3.13. The summed E-state index contributed by atoms with van der Waals surface area (Å²) in [4.78, 5) is 27.8. The summed E-state index contributed by atoms with van der Waals surface area (Å²) < 4.78 is 10.4. The molecule has 3 rings (SSSR count). The van der Waals surface area contributed by atoms with E-state index in [-0.39, 0.29) is 0 Å². The first kappa shape index (κ1) is 18.7. The highest BCUT2D eigenvalue weighted by molar-refractivity contribution is 8.00. The second kappa shape index (κ2) is 8.55. The van der Waals surface area contributed by atoms with E-state index in [1.165, 1.54) is 7.11 Å². The second-order valence-corrected chi connectivity index (χ2v) is 6.92. The highest BCUT2D eigenvalue weighted by Gasteiger charge is 2.23. The number of benzene rings is 2. The average molecular weight is 382 g/mol. The van der Waals surface area contributed by atoms with E-state index in [1.807, 2.05) is 60.7 Å². The fraction of sp³-hybridized carbons (Fsp3) is 0.150. The van der Waals surface area contributed by atoms with Crippen LogP contribution in [0.15, 0.2) is 70.3 Å². The third kappa shape index (κ3) is 4.57. The first-order valence-corrected chi connectivity index (χ1v) is 9.13. The van der Waals surface area contributed by atoms with Crippen molar-refractivity contribution in [3.63, 3.8) is 0 Å². The van der Waals surface area contributed by atoms with Crippen LogP contribution in [-0.2, 0) is 9.53 Å². The minimum atomic E-state index is -0.796. The summed E-state index contributed by atoms with van der Waals surface area (Å²) in [7, 11) is 1.20. The van der Waals surface area contributed by atoms with E-state index in [2.05, 4.69) is 15.0 Å². The van der Waals surface area contributed by atoms with Crippen LogP contribution in [0.4, 0.5) is 4.79 Å². The topological polar surface area (TPSA) is 81.4 Å². The number of methoxy groups -OCH3 is 1. The second-order valence-electron chi connectivity index (χ2n) is 5.63. The van der Waals surface area contributed by atoms with Gasteiger partial charge < -0.3 is 9.15 Å². The number of hydrogen-bond acceptors (Lipinski definition) is 6. The zero-order valence-corrected chi connectivity index (χ0v) is 15.7. The van der Waals surface area contributed by atoms with Gasteiger partial charge in [-0.3, -0.25) is 10.1 Å². The maximum atomic E-state index is 12.0. The van der Waals surface area contributed by atoms with Gasteiger partial charge in [-0.25, -0.2) is 9.78 Å². The van der Waals surface area contributed by atoms with Gasteiger partial charge in [-0.2, -0.15) is 0 Å². The highest BCUT2D eigenvalue weighted by Crippen LogP contribution is 2.36. The van der Waals surface area contributed by atoms with E-state index in [0.717, 1.165) is 22.9 Å². The molecular weight excluding hydrogens is 364 g/mol. The summed E-state index contributed by atoms with van der Waals surface area (Å²) in [5.74, 6) is 0.150. The van der Waals surface area contributed by atoms with Crippen molar-refractivity contribution in [3.8, 4) is 22.6 Å². The summed E-state index contributed by atoms with van der Waals surface area (Å²) in [6, 6.07) is 19.3. The summed E-state index contributed by atoms with van der Waals surface area (Å²) in [6.45, 7) is 1.66. The first-order chi connectivity index (χ1) is 13.1. The minimum absolute atomic E-state index is 0.347. The molecule has 0 unspecified atom stereocenters. The number of oxazole rings is 1. The Bertz CT molecular complexity index is 869. The van der Waals surface area contributed by atoms with Crippen LogP contribution in [0.3, 0.4) is 0 Å². The number of carbonyl (C=O) groups is 2. The molecule has 0 saturated heterocycles. The Morgan fingerprint density at radius 1 is 1.04 bits per heavy atom. The normalized spacial score (nSPS) is 11.6. The van der Waals surface area contributed by atoms with Gasteiger partial charge in [0.1, 0.15) is 5.69 Å². The molecule has 0 spiro atoms. The molecule has 3 aromatic rings. The van der Waals surface area contributed by atoms with Gasteiger partial charge in [0.15, 0.2) is 5.76 Å². The van der Waals surface area contributed by atoms with Gasteiger partial charge in [-0.15, -0.1) is 0 Å². The number of hydrogen-bond donors (Lipinski definition) is 1. The predicted molar refractivity (Wildman–Crippen MR) is 103 cm³/mol. The van der Waals surface area contributed by atoms with E-state index in [1.54, 1.807) is 6.92 Å². The van der Waals surface area contributed by atoms with Crippen molar-refractivity contribution in [2.75, 3.05) is 7.11 Å². The summed E-state index contributed by atoms with van der Waals surface area (Å²) in [5, 5.41) is 1.90. The zero-order chi connectivity index (χ0) is 19.2. The van der Waals surface area contributed by atoms with Crippen LogP contribution in [0.25, 0.3) is 22.6 Å². The molecule has 1 atom stereocenters. The Morgan fingerprint density at radius 3 is 2.22 bits per heavy atom. The van der Waals surface area contributed by atoms with E-state index in [0.29, 0.717) is 16.7 Å². The lowest BCUT2D eigenvalue weighted by Crippen LogP contribution is -2.35. The maximum absolute atomic E-state index is 12.0. The molecule has 0 bridgehead atoms. The molecule has 1 heterocycles. The van der Waals surface area contributed by atoms with Crippen LogP contribution >= 0.6 is 11.8 Å². The Labute approximate surface area is 160 Å². The lowest BCUT2D eigenvalue weighted by atomic mass is 10.1. The van der Waals surface area contributed by atoms with Gasteiger partial charge in [-0.05, 0) is 6.92 Å². The summed E-state index contributed by atoms with van der Waals surface area (Å²) in [6.07, 6.45) is -0.796. The van der Waals surface area contributed by atoms with Gasteiger partial charge in [0, 0.05) is 11.1 Å². The van der Waals surface area contributed by atoms with Crippen molar-refractivity contribution < 1.29 is 18.7 Å². The van der Waals surface area contributed by atoms with Gasteiger partial charge in [0.05, 0.1) is 12.4 Å². The SMILES string of the molecule is COC(=O)NC(=O)[C@H](C)Sc1nc(-c2ccccc2)c(-c2ccccc2)o1. The summed E-state index contributed by atoms with van der Waals surface area (Å²) >= 11 is 1.13. The monoisotopic (exact) mass is 382 g/mol. The van der Waals surface area contributed by atoms with Crippen molar-refractivity contribution >= 4 is 23.8 Å². The largest absolute Gasteiger partial charge is 0.453 e. The van der Waals surface area contributed by atoms with E-state index >= 15 is 0 Å². The van der Waals surface area contributed by atoms with E-state index in [4.69, 9.17) is 4.42 Å². The third-order valence-corrected chi connectivity index (χ3v) is 4.69. The Kier molecular flexibility index (Phi) is 5.93. The highest BCUT2D eigenvalue weighted by atomic mass is 32.2. The molecule has 1 N–H and O–H groups in total. The number of carbonyl (C=O) groups excluding carboxylic acids is 2. The van der Waals surface area contributed by atoms with Crippen molar-refractivity contribution in [1.82, 2.24) is 10.3 Å². The van der Waals surface area contributed by atoms with E-state index in [9.17, 15) is 9.59 Å². The van der Waals surface area contributed by atoms with Gasteiger partial charge >= 0.3 is 6.09 Å². The van der Waals surface area contributed by atoms with Crippen molar-refractivity contribution in [1.29, 1.82) is 0 Å². The number of nitrogens with one attached hydrogen (secondary N) is 1. The molecule has 0 radical (unpaired) electrons. The van der Waals surface area contributed by atoms with Crippen LogP contribution < -0.4 is 5.32 Å². The molecular formula is C20H18N2O4S. The molecule has 1 aromatic heterocycles. The van der Waals surface area contributed by atoms with Crippen LogP contribution in [0.1, 0.15) is 6.92 Å². The zero-order valence-electron chi connectivity index (χ0n) is 14.8. The first-order valence-electron chi connectivity index (χ1n) is 8.25. The van der Waals surface area contributed by atoms with Gasteiger partial charge in [0.2, 0.25) is 5.91 Å². The predicted octanol–water partition coefficient (Wildman–Crippen LogP) is 4.37. The molecule has 0 aliphatic heterocycles. The molecule has 0 fully saturated rings. The Balaban J connectivity index is 1.90. The lowest BCUT2D eigenvalue weighted by molar-refractivity contribution is -0.119. The van der Waals surface area contributed by atoms with Crippen LogP contribution in [0.2, 0.25) is 0 Å². The van der Waals surface area contributed by atoms with Crippen molar-refractivity contribution in [2.24, 2.45) is 0 Å². The number of thioether (sulfide) groups is 1. The smallest absolute Gasteiger partial charge is 0.413 e. The third-order valence-electron chi connectivity index (χ3n) is 3.75. The number of amides is 2. The number of nitrogens with zero attached hydrogens (tertiary/aromatic N) is 1. The average Bonchev–Trinajstić information content (AvgIpc) is 3.13. The number of ether oxygens (including phenoxy) is 1. The van der Waals surface area contributed by atoms with Gasteiger partial charge in [-0.1, -0.05) is 72.4 Å². The fourth-order valence-electron chi connectivity index (χ4n) is 2.39. The van der Waals surface area contributed by atoms with Crippen LogP contribution in [-0.4, -0.2) is 29.3 Å². The molecule has 27 heavy (non-hydrogen) atoms. The van der Waals surface area contributed by atoms with E-state index < -0.39 is 17.3 Å². The molecule has 2 amide bonds. The lowest BCUT2D eigenvalue weighted by Gasteiger charge is -2.07. The molecule has 7 heteroatoms. The Morgan fingerprint density at radius 2 is 1.63 bits per heavy atom. The van der Waals surface area contributed by atoms with Crippen LogP contribution in [0.5, 0.6) is 0 Å². The van der Waals surface area contributed by atoms with Gasteiger partial charge in [0.25, 0.3) is 5.22 Å². The van der Waals surface area contributed by atoms with Crippen molar-refractivity contribution in [3.05, 3.63) is 60.7 Å². The molecule has 138 valence electrons.